The molecular formula is C22H21Cl2N3O2S2. The summed E-state index contributed by atoms with van der Waals surface area (Å²) in [5.74, 6) is -0.251. The molecule has 162 valence electrons. The summed E-state index contributed by atoms with van der Waals surface area (Å²) in [5.41, 5.74) is 1.54. The first kappa shape index (κ1) is 22.4. The fourth-order valence-electron chi connectivity index (χ4n) is 3.65. The SMILES string of the molecule is C=CCn1c(S[C@@H](C)C(=O)Nc2cccc(Cl)c2Cl)nc2sc3c(c2c1=O)CCCC3. The minimum absolute atomic E-state index is 0.0581. The van der Waals surface area contributed by atoms with Crippen molar-refractivity contribution in [1.82, 2.24) is 9.55 Å². The molecular weight excluding hydrogens is 473 g/mol. The molecule has 1 aliphatic rings. The Morgan fingerprint density at radius 2 is 2.16 bits per heavy atom. The number of thiophene rings is 1. The van der Waals surface area contributed by atoms with E-state index in [1.165, 1.54) is 16.6 Å². The van der Waals surface area contributed by atoms with E-state index in [0.29, 0.717) is 27.4 Å². The number of amides is 1. The number of hydrogen-bond donors (Lipinski definition) is 1. The number of aromatic nitrogens is 2. The van der Waals surface area contributed by atoms with Crippen LogP contribution in [0.15, 0.2) is 40.8 Å². The predicted octanol–water partition coefficient (Wildman–Crippen LogP) is 5.95. The second-order valence-corrected chi connectivity index (χ2v) is 10.5. The molecule has 4 rings (SSSR count). The Labute approximate surface area is 198 Å². The molecule has 5 nitrogen and oxygen atoms in total. The molecule has 1 N–H and O–H groups in total. The fourth-order valence-corrected chi connectivity index (χ4v) is 6.21. The number of benzene rings is 1. The van der Waals surface area contributed by atoms with E-state index in [-0.39, 0.29) is 11.5 Å². The third kappa shape index (κ3) is 4.42. The van der Waals surface area contributed by atoms with Gasteiger partial charge in [0.1, 0.15) is 4.83 Å². The number of fused-ring (bicyclic) bond motifs is 3. The molecule has 1 aliphatic carbocycles. The standard InChI is InChI=1S/C22H21Cl2N3O2S2/c1-3-11-27-21(29)17-13-7-4-5-10-16(13)31-20(17)26-22(27)30-12(2)19(28)25-15-9-6-8-14(23)18(15)24/h3,6,8-9,12H,1,4-5,7,10-11H2,2H3,(H,25,28)/t12-/m0/s1. The van der Waals surface area contributed by atoms with Crippen molar-refractivity contribution in [3.05, 3.63) is 61.7 Å². The highest BCUT2D eigenvalue weighted by Gasteiger charge is 2.24. The molecule has 0 radical (unpaired) electrons. The summed E-state index contributed by atoms with van der Waals surface area (Å²) in [7, 11) is 0. The van der Waals surface area contributed by atoms with E-state index in [1.54, 1.807) is 47.1 Å². The van der Waals surface area contributed by atoms with Crippen LogP contribution in [0.2, 0.25) is 10.0 Å². The highest BCUT2D eigenvalue weighted by atomic mass is 35.5. The highest BCUT2D eigenvalue weighted by molar-refractivity contribution is 8.00. The average molecular weight is 494 g/mol. The molecule has 1 atom stereocenters. The lowest BCUT2D eigenvalue weighted by atomic mass is 9.97. The zero-order valence-corrected chi connectivity index (χ0v) is 20.1. The van der Waals surface area contributed by atoms with E-state index in [4.69, 9.17) is 28.2 Å². The summed E-state index contributed by atoms with van der Waals surface area (Å²) in [4.78, 5) is 32.9. The first-order chi connectivity index (χ1) is 14.9. The zero-order valence-electron chi connectivity index (χ0n) is 16.9. The van der Waals surface area contributed by atoms with E-state index in [2.05, 4.69) is 11.9 Å². The number of nitrogens with one attached hydrogen (secondary N) is 1. The van der Waals surface area contributed by atoms with Crippen LogP contribution in [0, 0.1) is 0 Å². The lowest BCUT2D eigenvalue weighted by Gasteiger charge is -2.16. The van der Waals surface area contributed by atoms with Crippen molar-refractivity contribution in [3.8, 4) is 0 Å². The maximum Gasteiger partial charge on any atom is 0.263 e. The van der Waals surface area contributed by atoms with Gasteiger partial charge < -0.3 is 5.32 Å². The van der Waals surface area contributed by atoms with Gasteiger partial charge in [0.05, 0.1) is 26.4 Å². The second-order valence-electron chi connectivity index (χ2n) is 7.34. The van der Waals surface area contributed by atoms with Crippen LogP contribution in [-0.4, -0.2) is 20.7 Å². The number of rotatable bonds is 6. The molecule has 1 amide bonds. The van der Waals surface area contributed by atoms with Crippen molar-refractivity contribution < 1.29 is 4.79 Å². The Morgan fingerprint density at radius 1 is 1.39 bits per heavy atom. The van der Waals surface area contributed by atoms with E-state index < -0.39 is 5.25 Å². The molecule has 0 spiro atoms. The van der Waals surface area contributed by atoms with Crippen LogP contribution in [0.3, 0.4) is 0 Å². The van der Waals surface area contributed by atoms with Crippen LogP contribution >= 0.6 is 46.3 Å². The van der Waals surface area contributed by atoms with E-state index >= 15 is 0 Å². The first-order valence-corrected chi connectivity index (χ1v) is 12.4. The molecule has 2 aromatic heterocycles. The summed E-state index contributed by atoms with van der Waals surface area (Å²) in [5, 5.41) is 4.20. The van der Waals surface area contributed by atoms with Crippen molar-refractivity contribution >= 4 is 68.1 Å². The molecule has 0 unspecified atom stereocenters. The summed E-state index contributed by atoms with van der Waals surface area (Å²) < 4.78 is 1.61. The molecule has 3 aromatic rings. The van der Waals surface area contributed by atoms with Gasteiger partial charge in [-0.15, -0.1) is 17.9 Å². The van der Waals surface area contributed by atoms with Gasteiger partial charge in [0, 0.05) is 11.4 Å². The third-order valence-electron chi connectivity index (χ3n) is 5.21. The molecule has 9 heteroatoms. The number of halogens is 2. The fraction of sp³-hybridized carbons (Fsp3) is 0.318. The number of carbonyl (C=O) groups excluding carboxylic acids is 1. The first-order valence-electron chi connectivity index (χ1n) is 9.98. The number of thioether (sulfide) groups is 1. The minimum atomic E-state index is -0.509. The van der Waals surface area contributed by atoms with Gasteiger partial charge in [-0.2, -0.15) is 0 Å². The number of carbonyl (C=O) groups is 1. The Hall–Kier alpha value is -1.80. The lowest BCUT2D eigenvalue weighted by molar-refractivity contribution is -0.115. The number of nitrogens with zero attached hydrogens (tertiary/aromatic N) is 2. The number of hydrogen-bond acceptors (Lipinski definition) is 5. The van der Waals surface area contributed by atoms with Crippen molar-refractivity contribution in [1.29, 1.82) is 0 Å². The van der Waals surface area contributed by atoms with Gasteiger partial charge in [0.25, 0.3) is 5.56 Å². The molecule has 0 saturated carbocycles. The van der Waals surface area contributed by atoms with Gasteiger partial charge in [-0.25, -0.2) is 4.98 Å². The van der Waals surface area contributed by atoms with Gasteiger partial charge in [0.2, 0.25) is 5.91 Å². The summed E-state index contributed by atoms with van der Waals surface area (Å²) in [6.45, 7) is 5.89. The molecule has 0 aliphatic heterocycles. The van der Waals surface area contributed by atoms with Crippen LogP contribution in [0.4, 0.5) is 5.69 Å². The predicted molar refractivity (Wildman–Crippen MR) is 131 cm³/mol. The van der Waals surface area contributed by atoms with Crippen LogP contribution in [-0.2, 0) is 24.2 Å². The smallest absolute Gasteiger partial charge is 0.263 e. The van der Waals surface area contributed by atoms with Crippen molar-refractivity contribution in [2.45, 2.75) is 49.6 Å². The molecule has 31 heavy (non-hydrogen) atoms. The maximum atomic E-state index is 13.3. The Morgan fingerprint density at radius 3 is 2.94 bits per heavy atom. The van der Waals surface area contributed by atoms with E-state index in [1.807, 2.05) is 0 Å². The largest absolute Gasteiger partial charge is 0.324 e. The summed E-state index contributed by atoms with van der Waals surface area (Å²) in [6, 6.07) is 5.07. The number of anilines is 1. The van der Waals surface area contributed by atoms with Crippen molar-refractivity contribution in [3.63, 3.8) is 0 Å². The maximum absolute atomic E-state index is 13.3. The van der Waals surface area contributed by atoms with Crippen LogP contribution < -0.4 is 10.9 Å². The topological polar surface area (TPSA) is 64.0 Å². The molecule has 0 fully saturated rings. The van der Waals surface area contributed by atoms with Gasteiger partial charge >= 0.3 is 0 Å². The van der Waals surface area contributed by atoms with Crippen LogP contribution in [0.1, 0.15) is 30.2 Å². The Bertz CT molecular complexity index is 1240. The second kappa shape index (κ2) is 9.36. The molecule has 2 heterocycles. The summed E-state index contributed by atoms with van der Waals surface area (Å²) in [6.07, 6.45) is 5.84. The van der Waals surface area contributed by atoms with Crippen molar-refractivity contribution in [2.75, 3.05) is 5.32 Å². The Kier molecular flexibility index (Phi) is 6.77. The van der Waals surface area contributed by atoms with Crippen molar-refractivity contribution in [2.24, 2.45) is 0 Å². The average Bonchev–Trinajstić information content (AvgIpc) is 3.12. The monoisotopic (exact) mass is 493 g/mol. The van der Waals surface area contributed by atoms with E-state index in [9.17, 15) is 9.59 Å². The Balaban J connectivity index is 1.66. The summed E-state index contributed by atoms with van der Waals surface area (Å²) >= 11 is 15.1. The molecule has 0 saturated heterocycles. The minimum Gasteiger partial charge on any atom is -0.324 e. The van der Waals surface area contributed by atoms with Crippen LogP contribution in [0.25, 0.3) is 10.2 Å². The lowest BCUT2D eigenvalue weighted by Crippen LogP contribution is -2.27. The van der Waals surface area contributed by atoms with Gasteiger partial charge in [-0.1, -0.05) is 47.1 Å². The van der Waals surface area contributed by atoms with Crippen LogP contribution in [0.5, 0.6) is 0 Å². The zero-order chi connectivity index (χ0) is 22.1. The highest BCUT2D eigenvalue weighted by Crippen LogP contribution is 2.35. The van der Waals surface area contributed by atoms with Gasteiger partial charge in [-0.05, 0) is 50.3 Å². The number of allylic oxidation sites excluding steroid dienone is 1. The molecule has 0 bridgehead atoms. The van der Waals surface area contributed by atoms with Gasteiger partial charge in [-0.3, -0.25) is 14.2 Å². The normalized spacial score (nSPS) is 14.3. The number of aryl methyl sites for hydroxylation is 2. The van der Waals surface area contributed by atoms with Gasteiger partial charge in [0.15, 0.2) is 5.16 Å². The molecule has 1 aromatic carbocycles. The van der Waals surface area contributed by atoms with E-state index in [0.717, 1.165) is 41.5 Å². The quantitative estimate of drug-likeness (QED) is 0.261. The third-order valence-corrected chi connectivity index (χ3v) is 8.31.